The van der Waals surface area contributed by atoms with Crippen LogP contribution in [0.2, 0.25) is 0 Å². The number of rotatable bonds is 7. The fourth-order valence-electron chi connectivity index (χ4n) is 3.99. The molecule has 2 aliphatic rings. The largest absolute Gasteiger partial charge is 0.490 e. The molecule has 0 aliphatic carbocycles. The summed E-state index contributed by atoms with van der Waals surface area (Å²) in [4.78, 5) is 25.6. The first-order valence-electron chi connectivity index (χ1n) is 10.1. The Morgan fingerprint density at radius 3 is 2.81 bits per heavy atom. The van der Waals surface area contributed by atoms with E-state index in [9.17, 15) is 14.9 Å². The zero-order valence-corrected chi connectivity index (χ0v) is 18.1. The van der Waals surface area contributed by atoms with E-state index in [-0.39, 0.29) is 23.4 Å². The van der Waals surface area contributed by atoms with E-state index in [1.54, 1.807) is 12.1 Å². The van der Waals surface area contributed by atoms with Crippen molar-refractivity contribution in [2.75, 3.05) is 32.6 Å². The van der Waals surface area contributed by atoms with Crippen LogP contribution in [0.25, 0.3) is 0 Å². The van der Waals surface area contributed by atoms with E-state index in [4.69, 9.17) is 14.2 Å². The van der Waals surface area contributed by atoms with Crippen molar-refractivity contribution in [2.45, 2.75) is 24.6 Å². The maximum absolute atomic E-state index is 12.9. The van der Waals surface area contributed by atoms with Crippen molar-refractivity contribution in [1.29, 1.82) is 0 Å². The minimum absolute atomic E-state index is 0.0333. The Morgan fingerprint density at radius 1 is 1.23 bits per heavy atom. The number of nitro benzene ring substituents is 1. The normalized spacial score (nSPS) is 17.5. The summed E-state index contributed by atoms with van der Waals surface area (Å²) in [6.07, 6.45) is 1.88. The molecule has 2 aromatic carbocycles. The molecule has 2 heterocycles. The second-order valence-corrected chi connectivity index (χ2v) is 8.39. The van der Waals surface area contributed by atoms with Crippen LogP contribution in [0, 0.1) is 10.1 Å². The molecule has 2 aliphatic heterocycles. The monoisotopic (exact) mass is 444 g/mol. The molecule has 8 nitrogen and oxygen atoms in total. The number of carbonyl (C=O) groups excluding carboxylic acids is 1. The van der Waals surface area contributed by atoms with Gasteiger partial charge in [-0.1, -0.05) is 12.1 Å². The lowest BCUT2D eigenvalue weighted by molar-refractivity contribution is -0.385. The summed E-state index contributed by atoms with van der Waals surface area (Å²) >= 11 is 1.46. The molecular formula is C22H24N2O6S. The molecule has 0 N–H and O–H groups in total. The molecule has 0 radical (unpaired) electrons. The smallest absolute Gasteiger partial charge is 0.311 e. The minimum Gasteiger partial charge on any atom is -0.490 e. The standard InChI is InChI=1S/C22H24N2O6S/c1-28-19-6-4-15(11-18(19)24(26)27)13-31-14-22(25)23-8-2-3-17(23)16-5-7-20-21(12-16)30-10-9-29-20/h4-7,11-12,17H,2-3,8-10,13-14H2,1H3. The maximum atomic E-state index is 12.9. The Morgan fingerprint density at radius 2 is 2.03 bits per heavy atom. The number of likely N-dealkylation sites (tertiary alicyclic amines) is 1. The Bertz CT molecular complexity index is 982. The first kappa shape index (κ1) is 21.3. The summed E-state index contributed by atoms with van der Waals surface area (Å²) in [7, 11) is 1.41. The van der Waals surface area contributed by atoms with Crippen LogP contribution in [0.4, 0.5) is 5.69 Å². The van der Waals surface area contributed by atoms with E-state index < -0.39 is 4.92 Å². The molecule has 0 aromatic heterocycles. The third-order valence-electron chi connectivity index (χ3n) is 5.46. The molecule has 4 rings (SSSR count). The number of nitrogens with zero attached hydrogens (tertiary/aromatic N) is 2. The zero-order chi connectivity index (χ0) is 21.8. The van der Waals surface area contributed by atoms with Gasteiger partial charge in [-0.3, -0.25) is 14.9 Å². The van der Waals surface area contributed by atoms with E-state index >= 15 is 0 Å². The van der Waals surface area contributed by atoms with Gasteiger partial charge >= 0.3 is 5.69 Å². The number of carbonyl (C=O) groups is 1. The molecule has 1 atom stereocenters. The summed E-state index contributed by atoms with van der Waals surface area (Å²) < 4.78 is 16.3. The summed E-state index contributed by atoms with van der Waals surface area (Å²) in [6.45, 7) is 1.81. The van der Waals surface area contributed by atoms with Crippen LogP contribution in [-0.2, 0) is 10.5 Å². The van der Waals surface area contributed by atoms with Crippen molar-refractivity contribution in [3.63, 3.8) is 0 Å². The predicted octanol–water partition coefficient (Wildman–Crippen LogP) is 3.97. The summed E-state index contributed by atoms with van der Waals surface area (Å²) in [6, 6.07) is 10.8. The van der Waals surface area contributed by atoms with Crippen LogP contribution in [0.15, 0.2) is 36.4 Å². The first-order chi connectivity index (χ1) is 15.1. The Kier molecular flexibility index (Phi) is 6.50. The van der Waals surface area contributed by atoms with Crippen molar-refractivity contribution in [3.05, 3.63) is 57.6 Å². The number of amides is 1. The molecule has 9 heteroatoms. The maximum Gasteiger partial charge on any atom is 0.311 e. The van der Waals surface area contributed by atoms with Crippen molar-refractivity contribution in [2.24, 2.45) is 0 Å². The van der Waals surface area contributed by atoms with Crippen molar-refractivity contribution >= 4 is 23.4 Å². The Balaban J connectivity index is 1.37. The average molecular weight is 445 g/mol. The molecule has 1 unspecified atom stereocenters. The summed E-state index contributed by atoms with van der Waals surface area (Å²) in [5, 5.41) is 11.2. The number of nitro groups is 1. The quantitative estimate of drug-likeness (QED) is 0.471. The predicted molar refractivity (Wildman–Crippen MR) is 117 cm³/mol. The fraction of sp³-hybridized carbons (Fsp3) is 0.409. The molecular weight excluding hydrogens is 420 g/mol. The van der Waals surface area contributed by atoms with Gasteiger partial charge in [0.25, 0.3) is 0 Å². The topological polar surface area (TPSA) is 91.1 Å². The van der Waals surface area contributed by atoms with Gasteiger partial charge in [-0.15, -0.1) is 11.8 Å². The molecule has 2 aromatic rings. The zero-order valence-electron chi connectivity index (χ0n) is 17.2. The van der Waals surface area contributed by atoms with Crippen molar-refractivity contribution in [3.8, 4) is 17.2 Å². The molecule has 1 saturated heterocycles. The lowest BCUT2D eigenvalue weighted by atomic mass is 10.0. The van der Waals surface area contributed by atoms with E-state index in [0.717, 1.165) is 42.0 Å². The van der Waals surface area contributed by atoms with E-state index in [0.29, 0.717) is 24.7 Å². The number of hydrogen-bond donors (Lipinski definition) is 0. The Labute approximate surface area is 184 Å². The molecule has 31 heavy (non-hydrogen) atoms. The van der Waals surface area contributed by atoms with Gasteiger partial charge in [0.2, 0.25) is 5.91 Å². The number of hydrogen-bond acceptors (Lipinski definition) is 7. The summed E-state index contributed by atoms with van der Waals surface area (Å²) in [5.41, 5.74) is 1.78. The van der Waals surface area contributed by atoms with Crippen LogP contribution in [0.3, 0.4) is 0 Å². The molecule has 164 valence electrons. The van der Waals surface area contributed by atoms with Gasteiger partial charge in [-0.25, -0.2) is 0 Å². The van der Waals surface area contributed by atoms with Gasteiger partial charge in [-0.2, -0.15) is 0 Å². The SMILES string of the molecule is COc1ccc(CSCC(=O)N2CCCC2c2ccc3c(c2)OCCO3)cc1[N+](=O)[O-]. The highest BCUT2D eigenvalue weighted by molar-refractivity contribution is 7.99. The number of ether oxygens (including phenoxy) is 3. The third kappa shape index (κ3) is 4.71. The van der Waals surface area contributed by atoms with Crippen LogP contribution in [0.5, 0.6) is 17.2 Å². The van der Waals surface area contributed by atoms with Crippen LogP contribution in [0.1, 0.15) is 30.0 Å². The van der Waals surface area contributed by atoms with Gasteiger partial charge in [0.1, 0.15) is 13.2 Å². The lowest BCUT2D eigenvalue weighted by Gasteiger charge is -2.26. The number of benzene rings is 2. The Hall–Kier alpha value is -2.94. The van der Waals surface area contributed by atoms with Crippen molar-refractivity contribution < 1.29 is 23.9 Å². The molecule has 1 amide bonds. The van der Waals surface area contributed by atoms with Crippen LogP contribution < -0.4 is 14.2 Å². The van der Waals surface area contributed by atoms with E-state index in [1.807, 2.05) is 23.1 Å². The van der Waals surface area contributed by atoms with Gasteiger partial charge < -0.3 is 19.1 Å². The summed E-state index contributed by atoms with van der Waals surface area (Å²) in [5.74, 6) is 2.62. The highest BCUT2D eigenvalue weighted by atomic mass is 32.2. The molecule has 1 fully saturated rings. The van der Waals surface area contributed by atoms with Gasteiger partial charge in [0, 0.05) is 18.4 Å². The number of fused-ring (bicyclic) bond motifs is 1. The van der Waals surface area contributed by atoms with Gasteiger partial charge in [0.05, 0.1) is 23.8 Å². The lowest BCUT2D eigenvalue weighted by Crippen LogP contribution is -2.32. The number of methoxy groups -OCH3 is 1. The second-order valence-electron chi connectivity index (χ2n) is 7.40. The van der Waals surface area contributed by atoms with E-state index in [1.165, 1.54) is 24.9 Å². The minimum atomic E-state index is -0.458. The molecule has 0 saturated carbocycles. The second kappa shape index (κ2) is 9.47. The third-order valence-corrected chi connectivity index (χ3v) is 6.45. The highest BCUT2D eigenvalue weighted by Crippen LogP contribution is 2.38. The van der Waals surface area contributed by atoms with Gasteiger partial charge in [0.15, 0.2) is 17.2 Å². The number of thioether (sulfide) groups is 1. The average Bonchev–Trinajstić information content (AvgIpc) is 3.28. The molecule has 0 bridgehead atoms. The first-order valence-corrected chi connectivity index (χ1v) is 11.3. The van der Waals surface area contributed by atoms with Gasteiger partial charge in [-0.05, 0) is 42.2 Å². The van der Waals surface area contributed by atoms with E-state index in [2.05, 4.69) is 0 Å². The van der Waals surface area contributed by atoms with Crippen LogP contribution >= 0.6 is 11.8 Å². The molecule has 0 spiro atoms. The van der Waals surface area contributed by atoms with Crippen LogP contribution in [-0.4, -0.2) is 48.4 Å². The highest BCUT2D eigenvalue weighted by Gasteiger charge is 2.30. The van der Waals surface area contributed by atoms with Crippen molar-refractivity contribution in [1.82, 2.24) is 4.90 Å². The fourth-order valence-corrected chi connectivity index (χ4v) is 4.84.